The van der Waals surface area contributed by atoms with Gasteiger partial charge in [0.2, 0.25) is 0 Å². The average Bonchev–Trinajstić information content (AvgIpc) is 3.32. The Morgan fingerprint density at radius 1 is 1.06 bits per heavy atom. The summed E-state index contributed by atoms with van der Waals surface area (Å²) in [6, 6.07) is 12.4. The zero-order valence-electron chi connectivity index (χ0n) is 19.3. The number of aliphatic hydroxyl groups is 1. The third-order valence-electron chi connectivity index (χ3n) is 7.57. The van der Waals surface area contributed by atoms with Crippen LogP contribution in [0.1, 0.15) is 45.1 Å². The summed E-state index contributed by atoms with van der Waals surface area (Å²) in [7, 11) is 0. The molecule has 5 rings (SSSR count). The maximum absolute atomic E-state index is 10.3. The molecule has 32 heavy (non-hydrogen) atoms. The van der Waals surface area contributed by atoms with Gasteiger partial charge < -0.3 is 20.1 Å². The van der Waals surface area contributed by atoms with Gasteiger partial charge in [-0.3, -0.25) is 0 Å². The summed E-state index contributed by atoms with van der Waals surface area (Å²) in [5.74, 6) is 3.30. The van der Waals surface area contributed by atoms with E-state index in [2.05, 4.69) is 20.4 Å². The molecule has 3 aliphatic rings. The molecule has 0 spiro atoms. The maximum Gasteiger partial charge on any atom is 0.148 e. The molecule has 3 fully saturated rings. The fraction of sp³-hybridized carbons (Fsp3) is 0.615. The van der Waals surface area contributed by atoms with Crippen molar-refractivity contribution in [2.45, 2.75) is 51.2 Å². The molecule has 6 nitrogen and oxygen atoms in total. The van der Waals surface area contributed by atoms with Crippen LogP contribution >= 0.6 is 0 Å². The SMILES string of the molecule is CC(C)(O)c1cccc(-c2ccc(N[C@H]3C[C@@H]4CN(CC5CCOCC5)C[C@@H]4C3)nn2)c1. The number of ether oxygens (including phenoxy) is 1. The van der Waals surface area contributed by atoms with Gasteiger partial charge in [0.05, 0.1) is 11.3 Å². The molecule has 1 aromatic carbocycles. The quantitative estimate of drug-likeness (QED) is 0.715. The third kappa shape index (κ3) is 4.98. The van der Waals surface area contributed by atoms with Crippen LogP contribution in [-0.4, -0.2) is 59.1 Å². The lowest BCUT2D eigenvalue weighted by Gasteiger charge is -2.27. The highest BCUT2D eigenvalue weighted by atomic mass is 16.5. The predicted molar refractivity (Wildman–Crippen MR) is 126 cm³/mol. The number of hydrogen-bond donors (Lipinski definition) is 2. The van der Waals surface area contributed by atoms with Crippen molar-refractivity contribution >= 4 is 5.82 Å². The van der Waals surface area contributed by atoms with Crippen molar-refractivity contribution in [1.82, 2.24) is 15.1 Å². The number of nitrogens with one attached hydrogen (secondary N) is 1. The molecule has 0 unspecified atom stereocenters. The van der Waals surface area contributed by atoms with Crippen LogP contribution in [0, 0.1) is 17.8 Å². The van der Waals surface area contributed by atoms with Crippen molar-refractivity contribution in [3.8, 4) is 11.3 Å². The predicted octanol–water partition coefficient (Wildman–Crippen LogP) is 3.92. The molecular formula is C26H36N4O2. The molecule has 6 heteroatoms. The minimum atomic E-state index is -0.869. The summed E-state index contributed by atoms with van der Waals surface area (Å²) in [5, 5.41) is 22.8. The Bertz CT molecular complexity index is 891. The van der Waals surface area contributed by atoms with E-state index in [4.69, 9.17) is 4.74 Å². The van der Waals surface area contributed by atoms with Crippen molar-refractivity contribution < 1.29 is 9.84 Å². The lowest BCUT2D eigenvalue weighted by molar-refractivity contribution is 0.0545. The van der Waals surface area contributed by atoms with Gasteiger partial charge in [-0.1, -0.05) is 18.2 Å². The topological polar surface area (TPSA) is 70.5 Å². The van der Waals surface area contributed by atoms with Gasteiger partial charge >= 0.3 is 0 Å². The van der Waals surface area contributed by atoms with Crippen molar-refractivity contribution in [2.24, 2.45) is 17.8 Å². The first-order valence-corrected chi connectivity index (χ1v) is 12.2. The lowest BCUT2D eigenvalue weighted by Crippen LogP contribution is -2.32. The summed E-state index contributed by atoms with van der Waals surface area (Å²) in [6.07, 6.45) is 4.91. The van der Waals surface area contributed by atoms with Crippen molar-refractivity contribution in [3.63, 3.8) is 0 Å². The van der Waals surface area contributed by atoms with Crippen LogP contribution in [0.3, 0.4) is 0 Å². The van der Waals surface area contributed by atoms with E-state index in [0.29, 0.717) is 6.04 Å². The number of rotatable bonds is 6. The number of aromatic nitrogens is 2. The van der Waals surface area contributed by atoms with E-state index >= 15 is 0 Å². The van der Waals surface area contributed by atoms with Crippen LogP contribution in [0.5, 0.6) is 0 Å². The van der Waals surface area contributed by atoms with Gasteiger partial charge in [0.15, 0.2) is 0 Å². The second-order valence-corrected chi connectivity index (χ2v) is 10.6. The van der Waals surface area contributed by atoms with Crippen LogP contribution in [0.15, 0.2) is 36.4 Å². The van der Waals surface area contributed by atoms with Crippen LogP contribution in [0.25, 0.3) is 11.3 Å². The van der Waals surface area contributed by atoms with E-state index in [1.165, 1.54) is 45.3 Å². The van der Waals surface area contributed by atoms with Gasteiger partial charge in [0.25, 0.3) is 0 Å². The molecule has 2 N–H and O–H groups in total. The fourth-order valence-corrected chi connectivity index (χ4v) is 5.79. The van der Waals surface area contributed by atoms with Crippen molar-refractivity contribution in [2.75, 3.05) is 38.2 Å². The molecule has 2 aromatic rings. The van der Waals surface area contributed by atoms with E-state index in [-0.39, 0.29) is 0 Å². The van der Waals surface area contributed by atoms with E-state index in [0.717, 1.165) is 53.6 Å². The first kappa shape index (κ1) is 21.8. The van der Waals surface area contributed by atoms with Gasteiger partial charge in [-0.2, -0.15) is 0 Å². The van der Waals surface area contributed by atoms with Crippen molar-refractivity contribution in [3.05, 3.63) is 42.0 Å². The average molecular weight is 437 g/mol. The van der Waals surface area contributed by atoms with Crippen LogP contribution in [0.2, 0.25) is 0 Å². The number of fused-ring (bicyclic) bond motifs is 1. The second-order valence-electron chi connectivity index (χ2n) is 10.6. The molecule has 3 atom stereocenters. The van der Waals surface area contributed by atoms with Gasteiger partial charge in [0.1, 0.15) is 5.82 Å². The van der Waals surface area contributed by atoms with E-state index in [9.17, 15) is 5.11 Å². The summed E-state index contributed by atoms with van der Waals surface area (Å²) in [5.41, 5.74) is 1.81. The molecular weight excluding hydrogens is 400 g/mol. The zero-order chi connectivity index (χ0) is 22.1. The molecule has 0 bridgehead atoms. The first-order chi connectivity index (χ1) is 15.4. The minimum absolute atomic E-state index is 0.494. The zero-order valence-corrected chi connectivity index (χ0v) is 19.3. The molecule has 3 heterocycles. The number of hydrogen-bond acceptors (Lipinski definition) is 6. The molecule has 0 amide bonds. The fourth-order valence-electron chi connectivity index (χ4n) is 5.79. The Kier molecular flexibility index (Phi) is 6.19. The van der Waals surface area contributed by atoms with E-state index < -0.39 is 5.60 Å². The number of anilines is 1. The molecule has 1 saturated carbocycles. The molecule has 1 aliphatic carbocycles. The Labute approximate surface area is 191 Å². The highest BCUT2D eigenvalue weighted by molar-refractivity contribution is 5.61. The normalized spacial score (nSPS) is 26.9. The standard InChI is InChI=1S/C26H36N4O2/c1-26(2,31)22-5-3-4-19(12-22)24-6-7-25(29-28-24)27-23-13-20-16-30(17-21(20)14-23)15-18-8-10-32-11-9-18/h3-7,12,18,20-21,23,31H,8-11,13-17H2,1-2H3,(H,27,29)/t20-,21+,23+. The van der Waals surface area contributed by atoms with Crippen LogP contribution in [-0.2, 0) is 10.3 Å². The van der Waals surface area contributed by atoms with E-state index in [1.807, 2.05) is 36.4 Å². The van der Waals surface area contributed by atoms with Gasteiger partial charge in [-0.25, -0.2) is 0 Å². The molecule has 1 aromatic heterocycles. The molecule has 2 saturated heterocycles. The third-order valence-corrected chi connectivity index (χ3v) is 7.57. The van der Waals surface area contributed by atoms with Gasteiger partial charge in [-0.15, -0.1) is 10.2 Å². The summed E-state index contributed by atoms with van der Waals surface area (Å²) in [6.45, 7) is 9.25. The Balaban J connectivity index is 1.14. The van der Waals surface area contributed by atoms with Gasteiger partial charge in [-0.05, 0) is 81.0 Å². The Morgan fingerprint density at radius 3 is 2.47 bits per heavy atom. The smallest absolute Gasteiger partial charge is 0.148 e. The maximum atomic E-state index is 10.3. The lowest BCUT2D eigenvalue weighted by atomic mass is 9.96. The van der Waals surface area contributed by atoms with Crippen LogP contribution < -0.4 is 5.32 Å². The Morgan fingerprint density at radius 2 is 1.81 bits per heavy atom. The largest absolute Gasteiger partial charge is 0.386 e. The van der Waals surface area contributed by atoms with Crippen LogP contribution in [0.4, 0.5) is 5.82 Å². The minimum Gasteiger partial charge on any atom is -0.386 e. The van der Waals surface area contributed by atoms with Gasteiger partial charge in [0, 0.05) is 44.5 Å². The summed E-state index contributed by atoms with van der Waals surface area (Å²) in [4.78, 5) is 2.71. The molecule has 2 aliphatic heterocycles. The van der Waals surface area contributed by atoms with Crippen molar-refractivity contribution in [1.29, 1.82) is 0 Å². The number of benzene rings is 1. The summed E-state index contributed by atoms with van der Waals surface area (Å²) < 4.78 is 5.51. The monoisotopic (exact) mass is 436 g/mol. The number of likely N-dealkylation sites (tertiary alicyclic amines) is 1. The first-order valence-electron chi connectivity index (χ1n) is 12.2. The summed E-state index contributed by atoms with van der Waals surface area (Å²) >= 11 is 0. The second kappa shape index (κ2) is 9.08. The number of nitrogens with zero attached hydrogens (tertiary/aromatic N) is 3. The highest BCUT2D eigenvalue weighted by Crippen LogP contribution is 2.39. The molecule has 172 valence electrons. The van der Waals surface area contributed by atoms with E-state index in [1.54, 1.807) is 13.8 Å². The molecule has 0 radical (unpaired) electrons. The highest BCUT2D eigenvalue weighted by Gasteiger charge is 2.41. The Hall–Kier alpha value is -2.02.